The van der Waals surface area contributed by atoms with Gasteiger partial charge in [-0.1, -0.05) is 48.9 Å². The number of ether oxygens (including phenoxy) is 1. The monoisotopic (exact) mass is 400 g/mol. The van der Waals surface area contributed by atoms with Gasteiger partial charge in [-0.3, -0.25) is 4.79 Å². The summed E-state index contributed by atoms with van der Waals surface area (Å²) in [6, 6.07) is 14.4. The first-order valence-electron chi connectivity index (χ1n) is 9.66. The third-order valence-corrected chi connectivity index (χ3v) is 5.15. The summed E-state index contributed by atoms with van der Waals surface area (Å²) in [5.74, 6) is 0.743. The summed E-state index contributed by atoms with van der Waals surface area (Å²) in [5.41, 5.74) is 1.37. The lowest BCUT2D eigenvalue weighted by molar-refractivity contribution is 0.0859. The number of hydrogen-bond donors (Lipinski definition) is 1. The summed E-state index contributed by atoms with van der Waals surface area (Å²) in [7, 11) is 0. The first-order valence-corrected chi connectivity index (χ1v) is 10.0. The fraction of sp³-hybridized carbons (Fsp3) is 0.364. The molecule has 0 bridgehead atoms. The van der Waals surface area contributed by atoms with Crippen molar-refractivity contribution < 1.29 is 14.3 Å². The van der Waals surface area contributed by atoms with Crippen LogP contribution in [0.1, 0.15) is 36.5 Å². The van der Waals surface area contributed by atoms with E-state index < -0.39 is 0 Å². The summed E-state index contributed by atoms with van der Waals surface area (Å²) >= 11 is 6.22. The van der Waals surface area contributed by atoms with E-state index in [9.17, 15) is 9.59 Å². The molecule has 28 heavy (non-hydrogen) atoms. The molecule has 1 aliphatic rings. The Labute approximate surface area is 170 Å². The second-order valence-corrected chi connectivity index (χ2v) is 7.32. The Morgan fingerprint density at radius 2 is 1.86 bits per heavy atom. The first kappa shape index (κ1) is 20.2. The van der Waals surface area contributed by atoms with Crippen molar-refractivity contribution in [3.63, 3.8) is 0 Å². The SMILES string of the molecule is CCCOc1ccc(NC(=O)N2CCC(C(=O)c3ccccc3)CC2)cc1Cl. The van der Waals surface area contributed by atoms with Gasteiger partial charge in [0.15, 0.2) is 5.78 Å². The van der Waals surface area contributed by atoms with E-state index in [2.05, 4.69) is 5.32 Å². The lowest BCUT2D eigenvalue weighted by Gasteiger charge is -2.31. The summed E-state index contributed by atoms with van der Waals surface area (Å²) in [6.45, 7) is 3.74. The molecule has 1 saturated heterocycles. The van der Waals surface area contributed by atoms with Crippen LogP contribution in [0.25, 0.3) is 0 Å². The zero-order valence-electron chi connectivity index (χ0n) is 16.0. The third kappa shape index (κ3) is 5.04. The fourth-order valence-electron chi connectivity index (χ4n) is 3.29. The Bertz CT molecular complexity index is 818. The average molecular weight is 401 g/mol. The van der Waals surface area contributed by atoms with Crippen LogP contribution in [0.2, 0.25) is 5.02 Å². The zero-order valence-corrected chi connectivity index (χ0v) is 16.7. The van der Waals surface area contributed by atoms with Crippen LogP contribution in [0.15, 0.2) is 48.5 Å². The number of hydrogen-bond acceptors (Lipinski definition) is 3. The van der Waals surface area contributed by atoms with Crippen LogP contribution in [0.5, 0.6) is 5.75 Å². The second-order valence-electron chi connectivity index (χ2n) is 6.92. The van der Waals surface area contributed by atoms with E-state index in [1.54, 1.807) is 23.1 Å². The quantitative estimate of drug-likeness (QED) is 0.673. The molecule has 2 aromatic rings. The summed E-state index contributed by atoms with van der Waals surface area (Å²) in [4.78, 5) is 26.8. The topological polar surface area (TPSA) is 58.6 Å². The minimum absolute atomic E-state index is 0.0316. The number of amides is 2. The van der Waals surface area contributed by atoms with Crippen LogP contribution in [0, 0.1) is 5.92 Å². The van der Waals surface area contributed by atoms with Gasteiger partial charge in [-0.25, -0.2) is 4.79 Å². The number of likely N-dealkylation sites (tertiary alicyclic amines) is 1. The van der Waals surface area contributed by atoms with Gasteiger partial charge in [0, 0.05) is 30.3 Å². The lowest BCUT2D eigenvalue weighted by atomic mass is 9.89. The van der Waals surface area contributed by atoms with Gasteiger partial charge in [-0.15, -0.1) is 0 Å². The number of benzene rings is 2. The van der Waals surface area contributed by atoms with Gasteiger partial charge in [0.25, 0.3) is 0 Å². The molecule has 0 unspecified atom stereocenters. The van der Waals surface area contributed by atoms with Crippen molar-refractivity contribution in [3.05, 3.63) is 59.1 Å². The Hall–Kier alpha value is -2.53. The molecule has 5 nitrogen and oxygen atoms in total. The number of Topliss-reactive ketones (excluding diaryl/α,β-unsaturated/α-hetero) is 1. The highest BCUT2D eigenvalue weighted by molar-refractivity contribution is 6.32. The maximum absolute atomic E-state index is 12.6. The molecule has 1 heterocycles. The number of urea groups is 1. The van der Waals surface area contributed by atoms with Crippen molar-refractivity contribution in [2.24, 2.45) is 5.92 Å². The van der Waals surface area contributed by atoms with Gasteiger partial charge in [-0.05, 0) is 37.5 Å². The van der Waals surface area contributed by atoms with Gasteiger partial charge in [0.2, 0.25) is 0 Å². The van der Waals surface area contributed by atoms with Crippen LogP contribution in [0.4, 0.5) is 10.5 Å². The molecule has 148 valence electrons. The molecular weight excluding hydrogens is 376 g/mol. The number of rotatable bonds is 6. The number of nitrogens with zero attached hydrogens (tertiary/aromatic N) is 1. The highest BCUT2D eigenvalue weighted by Crippen LogP contribution is 2.28. The number of ketones is 1. The van der Waals surface area contributed by atoms with Crippen molar-refractivity contribution >= 4 is 29.1 Å². The predicted octanol–water partition coefficient (Wildman–Crippen LogP) is 5.26. The van der Waals surface area contributed by atoms with E-state index in [0.29, 0.717) is 49.0 Å². The molecule has 0 atom stereocenters. The molecule has 0 aliphatic carbocycles. The van der Waals surface area contributed by atoms with Gasteiger partial charge < -0.3 is 15.0 Å². The highest BCUT2D eigenvalue weighted by Gasteiger charge is 2.28. The Balaban J connectivity index is 1.53. The van der Waals surface area contributed by atoms with E-state index in [0.717, 1.165) is 12.0 Å². The molecule has 1 aliphatic heterocycles. The fourth-order valence-corrected chi connectivity index (χ4v) is 3.53. The molecule has 0 saturated carbocycles. The van der Waals surface area contributed by atoms with Gasteiger partial charge in [0.1, 0.15) is 5.75 Å². The van der Waals surface area contributed by atoms with Crippen LogP contribution in [-0.4, -0.2) is 36.4 Å². The number of carbonyl (C=O) groups excluding carboxylic acids is 2. The number of nitrogens with one attached hydrogen (secondary N) is 1. The maximum atomic E-state index is 12.6. The molecule has 1 fully saturated rings. The van der Waals surface area contributed by atoms with Gasteiger partial charge in [-0.2, -0.15) is 0 Å². The average Bonchev–Trinajstić information content (AvgIpc) is 2.73. The second kappa shape index (κ2) is 9.60. The molecule has 0 aromatic heterocycles. The van der Waals surface area contributed by atoms with Crippen molar-refractivity contribution in [2.45, 2.75) is 26.2 Å². The number of halogens is 1. The number of anilines is 1. The Kier molecular flexibility index (Phi) is 6.93. The minimum Gasteiger partial charge on any atom is -0.492 e. The van der Waals surface area contributed by atoms with Crippen molar-refractivity contribution in [1.29, 1.82) is 0 Å². The number of carbonyl (C=O) groups is 2. The highest BCUT2D eigenvalue weighted by atomic mass is 35.5. The predicted molar refractivity (Wildman–Crippen MR) is 111 cm³/mol. The number of piperidine rings is 1. The summed E-state index contributed by atoms with van der Waals surface area (Å²) in [6.07, 6.45) is 2.24. The van der Waals surface area contributed by atoms with Crippen LogP contribution >= 0.6 is 11.6 Å². The molecule has 2 amide bonds. The normalized spacial score (nSPS) is 14.6. The van der Waals surface area contributed by atoms with Crippen molar-refractivity contribution in [2.75, 3.05) is 25.0 Å². The lowest BCUT2D eigenvalue weighted by Crippen LogP contribution is -2.42. The molecule has 2 aromatic carbocycles. The van der Waals surface area contributed by atoms with E-state index in [-0.39, 0.29) is 17.7 Å². The van der Waals surface area contributed by atoms with Gasteiger partial charge >= 0.3 is 6.03 Å². The smallest absolute Gasteiger partial charge is 0.321 e. The van der Waals surface area contributed by atoms with Crippen LogP contribution in [-0.2, 0) is 0 Å². The molecule has 0 radical (unpaired) electrons. The molecule has 0 spiro atoms. The van der Waals surface area contributed by atoms with E-state index in [1.807, 2.05) is 37.3 Å². The minimum atomic E-state index is -0.177. The first-order chi connectivity index (χ1) is 13.6. The molecule has 6 heteroatoms. The van der Waals surface area contributed by atoms with Crippen LogP contribution in [0.3, 0.4) is 0 Å². The zero-order chi connectivity index (χ0) is 19.9. The van der Waals surface area contributed by atoms with Crippen LogP contribution < -0.4 is 10.1 Å². The van der Waals surface area contributed by atoms with Crippen molar-refractivity contribution in [3.8, 4) is 5.75 Å². The van der Waals surface area contributed by atoms with Crippen molar-refractivity contribution in [1.82, 2.24) is 4.90 Å². The Morgan fingerprint density at radius 3 is 2.50 bits per heavy atom. The van der Waals surface area contributed by atoms with Gasteiger partial charge in [0.05, 0.1) is 11.6 Å². The largest absolute Gasteiger partial charge is 0.492 e. The van der Waals surface area contributed by atoms with E-state index in [1.165, 1.54) is 0 Å². The maximum Gasteiger partial charge on any atom is 0.321 e. The van der Waals surface area contributed by atoms with E-state index in [4.69, 9.17) is 16.3 Å². The van der Waals surface area contributed by atoms with E-state index >= 15 is 0 Å². The Morgan fingerprint density at radius 1 is 1.14 bits per heavy atom. The molecule has 3 rings (SSSR count). The molecule has 1 N–H and O–H groups in total. The summed E-state index contributed by atoms with van der Waals surface area (Å²) < 4.78 is 5.55. The standard InChI is InChI=1S/C22H25ClN2O3/c1-2-14-28-20-9-8-18(15-19(20)23)24-22(27)25-12-10-17(11-13-25)21(26)16-6-4-3-5-7-16/h3-9,15,17H,2,10-14H2,1H3,(H,24,27). The molecular formula is C22H25ClN2O3. The third-order valence-electron chi connectivity index (χ3n) is 4.86. The summed E-state index contributed by atoms with van der Waals surface area (Å²) in [5, 5.41) is 3.34.